The number of nitrogens with zero attached hydrogens (tertiary/aromatic N) is 2. The monoisotopic (exact) mass is 546 g/mol. The van der Waals surface area contributed by atoms with E-state index in [2.05, 4.69) is 20.8 Å². The second-order valence-corrected chi connectivity index (χ2v) is 11.9. The number of halogens is 2. The molecule has 1 aliphatic rings. The summed E-state index contributed by atoms with van der Waals surface area (Å²) >= 11 is 0. The van der Waals surface area contributed by atoms with Crippen molar-refractivity contribution in [2.75, 3.05) is 20.1 Å². The molecule has 0 bridgehead atoms. The van der Waals surface area contributed by atoms with Crippen LogP contribution in [0, 0.1) is 11.6 Å². The fourth-order valence-electron chi connectivity index (χ4n) is 5.47. The molecular weight excluding hydrogens is 506 g/mol. The van der Waals surface area contributed by atoms with E-state index >= 15 is 0 Å². The van der Waals surface area contributed by atoms with Gasteiger partial charge < -0.3 is 9.80 Å². The van der Waals surface area contributed by atoms with Gasteiger partial charge in [-0.1, -0.05) is 63.6 Å². The fraction of sp³-hybridized carbons (Fsp3) is 0.412. The van der Waals surface area contributed by atoms with Crippen molar-refractivity contribution in [3.8, 4) is 0 Å². The van der Waals surface area contributed by atoms with Crippen molar-refractivity contribution in [3.05, 3.63) is 107 Å². The number of hydrogen-bond acceptors (Lipinski definition) is 2. The predicted molar refractivity (Wildman–Crippen MR) is 155 cm³/mol. The van der Waals surface area contributed by atoms with Crippen LogP contribution in [0.3, 0.4) is 0 Å². The lowest BCUT2D eigenvalue weighted by molar-refractivity contribution is -0.130. The lowest BCUT2D eigenvalue weighted by Crippen LogP contribution is -2.40. The number of hydrogen-bond donors (Lipinski definition) is 0. The van der Waals surface area contributed by atoms with E-state index in [1.54, 1.807) is 29.2 Å². The zero-order valence-corrected chi connectivity index (χ0v) is 24.0. The van der Waals surface area contributed by atoms with Crippen molar-refractivity contribution in [2.45, 2.75) is 70.3 Å². The zero-order chi connectivity index (χ0) is 28.9. The summed E-state index contributed by atoms with van der Waals surface area (Å²) in [6.45, 7) is 7.65. The molecule has 0 saturated carbocycles. The molecule has 1 heterocycles. The van der Waals surface area contributed by atoms with Gasteiger partial charge >= 0.3 is 0 Å². The van der Waals surface area contributed by atoms with Crippen molar-refractivity contribution >= 4 is 11.8 Å². The largest absolute Gasteiger partial charge is 0.341 e. The average molecular weight is 547 g/mol. The first-order chi connectivity index (χ1) is 19.0. The number of benzene rings is 3. The topological polar surface area (TPSA) is 40.6 Å². The van der Waals surface area contributed by atoms with Gasteiger partial charge in [-0.2, -0.15) is 0 Å². The van der Waals surface area contributed by atoms with Gasteiger partial charge in [-0.25, -0.2) is 8.78 Å². The number of carbonyl (C=O) groups is 2. The molecule has 1 aliphatic heterocycles. The highest BCUT2D eigenvalue weighted by Gasteiger charge is 2.31. The third kappa shape index (κ3) is 7.35. The van der Waals surface area contributed by atoms with Crippen molar-refractivity contribution in [3.63, 3.8) is 0 Å². The molecule has 2 amide bonds. The van der Waals surface area contributed by atoms with Crippen molar-refractivity contribution < 1.29 is 18.4 Å². The minimum absolute atomic E-state index is 0.0000697. The SMILES string of the molecule is CN(C(=O)c1ccc(C(C)(C)C)cc1)[C@@H]1CCN(C(=O)CCCCC(c2ccc(F)cc2)c2ccc(F)cc2)C1. The second-order valence-electron chi connectivity index (χ2n) is 11.9. The van der Waals surface area contributed by atoms with Crippen LogP contribution in [0.2, 0.25) is 0 Å². The van der Waals surface area contributed by atoms with Gasteiger partial charge in [0.2, 0.25) is 5.91 Å². The molecule has 212 valence electrons. The quantitative estimate of drug-likeness (QED) is 0.264. The maximum Gasteiger partial charge on any atom is 0.253 e. The molecule has 0 N–H and O–H groups in total. The van der Waals surface area contributed by atoms with Crippen LogP contribution in [0.25, 0.3) is 0 Å². The minimum Gasteiger partial charge on any atom is -0.341 e. The average Bonchev–Trinajstić information content (AvgIpc) is 3.44. The normalized spacial score (nSPS) is 15.5. The van der Waals surface area contributed by atoms with Crippen LogP contribution in [0.5, 0.6) is 0 Å². The highest BCUT2D eigenvalue weighted by molar-refractivity contribution is 5.94. The Balaban J connectivity index is 1.28. The lowest BCUT2D eigenvalue weighted by atomic mass is 9.86. The van der Waals surface area contributed by atoms with E-state index in [1.165, 1.54) is 29.8 Å². The van der Waals surface area contributed by atoms with Gasteiger partial charge in [-0.15, -0.1) is 0 Å². The van der Waals surface area contributed by atoms with Crippen LogP contribution >= 0.6 is 0 Å². The summed E-state index contributed by atoms with van der Waals surface area (Å²) in [6.07, 6.45) is 3.53. The van der Waals surface area contributed by atoms with E-state index in [-0.39, 0.29) is 40.8 Å². The van der Waals surface area contributed by atoms with Crippen molar-refractivity contribution in [1.29, 1.82) is 0 Å². The van der Waals surface area contributed by atoms with Crippen LogP contribution in [-0.4, -0.2) is 47.8 Å². The number of rotatable bonds is 9. The Morgan fingerprint density at radius 3 is 1.95 bits per heavy atom. The molecule has 0 spiro atoms. The molecule has 1 fully saturated rings. The summed E-state index contributed by atoms with van der Waals surface area (Å²) in [4.78, 5) is 29.7. The number of likely N-dealkylation sites (N-methyl/N-ethyl adjacent to an activating group) is 1. The van der Waals surface area contributed by atoms with Gasteiger partial charge in [0, 0.05) is 38.0 Å². The standard InChI is InChI=1S/C34H40F2N2O2/c1-34(2,3)27-15-9-26(10-16-27)33(40)37(4)30-21-22-38(23-30)32(39)8-6-5-7-31(24-11-17-28(35)18-12-24)25-13-19-29(36)20-14-25/h9-20,30-31H,5-8,21-23H2,1-4H3/t30-/m1/s1. The molecule has 40 heavy (non-hydrogen) atoms. The first kappa shape index (κ1) is 29.4. The zero-order valence-electron chi connectivity index (χ0n) is 24.0. The molecule has 4 nitrogen and oxygen atoms in total. The molecule has 0 radical (unpaired) electrons. The van der Waals surface area contributed by atoms with Gasteiger partial charge in [-0.3, -0.25) is 9.59 Å². The Hall–Kier alpha value is -3.54. The van der Waals surface area contributed by atoms with Crippen molar-refractivity contribution in [1.82, 2.24) is 9.80 Å². The first-order valence-corrected chi connectivity index (χ1v) is 14.2. The van der Waals surface area contributed by atoms with Crippen LogP contribution in [0.1, 0.15) is 85.8 Å². The smallest absolute Gasteiger partial charge is 0.253 e. The second kappa shape index (κ2) is 12.8. The summed E-state index contributed by atoms with van der Waals surface area (Å²) in [6, 6.07) is 20.7. The molecule has 1 atom stereocenters. The minimum atomic E-state index is -0.290. The number of amides is 2. The Kier molecular flexibility index (Phi) is 9.39. The van der Waals surface area contributed by atoms with Crippen LogP contribution < -0.4 is 0 Å². The predicted octanol–water partition coefficient (Wildman–Crippen LogP) is 7.33. The molecule has 3 aromatic rings. The van der Waals surface area contributed by atoms with E-state index in [1.807, 2.05) is 36.2 Å². The van der Waals surface area contributed by atoms with E-state index in [0.717, 1.165) is 36.8 Å². The van der Waals surface area contributed by atoms with Gasteiger partial charge in [0.15, 0.2) is 0 Å². The van der Waals surface area contributed by atoms with Crippen molar-refractivity contribution in [2.24, 2.45) is 0 Å². The Bertz CT molecular complexity index is 1240. The van der Waals surface area contributed by atoms with Gasteiger partial charge in [-0.05, 0) is 77.8 Å². The van der Waals surface area contributed by atoms with Crippen LogP contribution in [0.15, 0.2) is 72.8 Å². The third-order valence-corrected chi connectivity index (χ3v) is 8.06. The Morgan fingerprint density at radius 2 is 1.43 bits per heavy atom. The molecular formula is C34H40F2N2O2. The number of carbonyl (C=O) groups excluding carboxylic acids is 2. The first-order valence-electron chi connectivity index (χ1n) is 14.2. The highest BCUT2D eigenvalue weighted by Crippen LogP contribution is 2.31. The summed E-state index contributed by atoms with van der Waals surface area (Å²) in [5.41, 5.74) is 3.83. The molecule has 0 aromatic heterocycles. The van der Waals surface area contributed by atoms with E-state index in [9.17, 15) is 18.4 Å². The highest BCUT2D eigenvalue weighted by atomic mass is 19.1. The maximum absolute atomic E-state index is 13.5. The van der Waals surface area contributed by atoms with Crippen LogP contribution in [-0.2, 0) is 10.2 Å². The van der Waals surface area contributed by atoms with E-state index in [4.69, 9.17) is 0 Å². The van der Waals surface area contributed by atoms with Gasteiger partial charge in [0.25, 0.3) is 5.91 Å². The lowest BCUT2D eigenvalue weighted by Gasteiger charge is -2.26. The van der Waals surface area contributed by atoms with E-state index < -0.39 is 0 Å². The van der Waals surface area contributed by atoms with Crippen LogP contribution in [0.4, 0.5) is 8.78 Å². The molecule has 4 rings (SSSR count). The van der Waals surface area contributed by atoms with E-state index in [0.29, 0.717) is 25.1 Å². The summed E-state index contributed by atoms with van der Waals surface area (Å²) < 4.78 is 27.0. The summed E-state index contributed by atoms with van der Waals surface area (Å²) in [5, 5.41) is 0. The number of unbranched alkanes of at least 4 members (excludes halogenated alkanes) is 1. The summed E-state index contributed by atoms with van der Waals surface area (Å²) in [7, 11) is 1.82. The fourth-order valence-corrected chi connectivity index (χ4v) is 5.47. The van der Waals surface area contributed by atoms with Gasteiger partial charge in [0.05, 0.1) is 6.04 Å². The third-order valence-electron chi connectivity index (χ3n) is 8.06. The molecule has 3 aromatic carbocycles. The molecule has 6 heteroatoms. The maximum atomic E-state index is 13.5. The molecule has 0 unspecified atom stereocenters. The summed E-state index contributed by atoms with van der Waals surface area (Å²) in [5.74, 6) is -0.487. The molecule has 0 aliphatic carbocycles. The number of likely N-dealkylation sites (tertiary alicyclic amines) is 1. The Labute approximate surface area is 237 Å². The van der Waals surface area contributed by atoms with Gasteiger partial charge in [0.1, 0.15) is 11.6 Å². The molecule has 1 saturated heterocycles. The Morgan fingerprint density at radius 1 is 0.875 bits per heavy atom.